The van der Waals surface area contributed by atoms with E-state index >= 15 is 0 Å². The number of phosphoric ester groups is 1. The molecule has 0 radical (unpaired) electrons. The minimum atomic E-state index is -5.03. The van der Waals surface area contributed by atoms with Crippen LogP contribution in [0.25, 0.3) is 0 Å². The van der Waals surface area contributed by atoms with Crippen LogP contribution in [0.1, 0.15) is 194 Å². The first-order valence-electron chi connectivity index (χ1n) is 25.8. The average Bonchev–Trinajstić information content (AvgIpc) is 3.30. The zero-order valence-corrected chi connectivity index (χ0v) is 41.9. The van der Waals surface area contributed by atoms with Gasteiger partial charge in [-0.1, -0.05) is 177 Å². The van der Waals surface area contributed by atoms with Crippen LogP contribution in [0.5, 0.6) is 0 Å². The van der Waals surface area contributed by atoms with Crippen molar-refractivity contribution in [2.75, 3.05) is 19.8 Å². The lowest BCUT2D eigenvalue weighted by Crippen LogP contribution is -2.64. The standard InChI is InChI=1S/C53H93O12P/c1-3-5-7-9-11-13-15-17-19-21-23-25-27-29-31-33-35-37-39-41-43-62-44-46(45-63-66(60,61)65-53-51(58)49(56)48(55)50(57)52(53)59)64-47(54)42-40-38-36-34-32-30-28-26-24-22-20-18-16-14-12-10-8-6-4-2/h6,8,11-14,17-20,24,26,46,48-53,55-59H,3-5,7,9-10,15-16,21-23,25,27-45H2,1-2H3,(H,60,61)/b8-6-,13-11-,14-12-,19-17-,20-18-,26-24-. The van der Waals surface area contributed by atoms with Crippen molar-refractivity contribution >= 4 is 13.8 Å². The Labute approximate surface area is 400 Å². The average molecular weight is 953 g/mol. The fourth-order valence-electron chi connectivity index (χ4n) is 7.49. The number of hydrogen-bond donors (Lipinski definition) is 6. The normalized spacial score (nSPS) is 22.0. The van der Waals surface area contributed by atoms with E-state index in [1.165, 1.54) is 64.2 Å². The summed E-state index contributed by atoms with van der Waals surface area (Å²) in [7, 11) is -5.03. The molecule has 12 nitrogen and oxygen atoms in total. The van der Waals surface area contributed by atoms with Crippen molar-refractivity contribution in [2.45, 2.75) is 236 Å². The topological polar surface area (TPSA) is 192 Å². The fraction of sp³-hybridized carbons (Fsp3) is 0.755. The van der Waals surface area contributed by atoms with E-state index in [9.17, 15) is 39.8 Å². The molecule has 1 fully saturated rings. The monoisotopic (exact) mass is 953 g/mol. The van der Waals surface area contributed by atoms with Gasteiger partial charge in [0.25, 0.3) is 0 Å². The van der Waals surface area contributed by atoms with Crippen molar-refractivity contribution < 1.29 is 58.3 Å². The number of aliphatic hydroxyl groups is 5. The Kier molecular flexibility index (Phi) is 40.1. The molecule has 0 aromatic heterocycles. The first kappa shape index (κ1) is 61.8. The second kappa shape index (κ2) is 42.8. The van der Waals surface area contributed by atoms with Gasteiger partial charge in [-0.25, -0.2) is 4.57 Å². The number of esters is 1. The van der Waals surface area contributed by atoms with Crippen LogP contribution in [0.15, 0.2) is 72.9 Å². The number of aliphatic hydroxyl groups excluding tert-OH is 5. The highest BCUT2D eigenvalue weighted by Crippen LogP contribution is 2.47. The van der Waals surface area contributed by atoms with Gasteiger partial charge >= 0.3 is 13.8 Å². The molecule has 0 spiro atoms. The second-order valence-electron chi connectivity index (χ2n) is 17.6. The molecule has 1 saturated carbocycles. The molecule has 13 heteroatoms. The van der Waals surface area contributed by atoms with Gasteiger partial charge in [0.2, 0.25) is 0 Å². The van der Waals surface area contributed by atoms with Crippen molar-refractivity contribution in [2.24, 2.45) is 0 Å². The molecule has 6 N–H and O–H groups in total. The summed E-state index contributed by atoms with van der Waals surface area (Å²) in [5.41, 5.74) is 0. The van der Waals surface area contributed by atoms with Crippen molar-refractivity contribution in [3.05, 3.63) is 72.9 Å². The van der Waals surface area contributed by atoms with Crippen LogP contribution in [-0.2, 0) is 27.9 Å². The number of phosphoric acid groups is 1. The molecule has 0 saturated heterocycles. The molecule has 0 aliphatic heterocycles. The van der Waals surface area contributed by atoms with E-state index in [1.807, 2.05) is 0 Å². The number of carbonyl (C=O) groups is 1. The molecule has 1 aliphatic rings. The van der Waals surface area contributed by atoms with E-state index in [2.05, 4.69) is 86.8 Å². The summed E-state index contributed by atoms with van der Waals surface area (Å²) < 4.78 is 34.3. The van der Waals surface area contributed by atoms with Gasteiger partial charge in [-0.15, -0.1) is 0 Å². The van der Waals surface area contributed by atoms with E-state index in [0.717, 1.165) is 103 Å². The number of unbranched alkanes of at least 4 members (excludes halogenated alkanes) is 19. The van der Waals surface area contributed by atoms with Crippen LogP contribution in [-0.4, -0.2) is 98.9 Å². The van der Waals surface area contributed by atoms with Crippen LogP contribution >= 0.6 is 7.82 Å². The van der Waals surface area contributed by atoms with Crippen LogP contribution in [0, 0.1) is 0 Å². The van der Waals surface area contributed by atoms with E-state index in [-0.39, 0.29) is 13.0 Å². The number of ether oxygens (including phenoxy) is 2. The van der Waals surface area contributed by atoms with Crippen molar-refractivity contribution in [3.63, 3.8) is 0 Å². The minimum Gasteiger partial charge on any atom is -0.457 e. The van der Waals surface area contributed by atoms with Gasteiger partial charge in [-0.3, -0.25) is 13.8 Å². The summed E-state index contributed by atoms with van der Waals surface area (Å²) >= 11 is 0. The van der Waals surface area contributed by atoms with Crippen LogP contribution < -0.4 is 0 Å². The minimum absolute atomic E-state index is 0.0880. The molecule has 66 heavy (non-hydrogen) atoms. The summed E-state index contributed by atoms with van der Waals surface area (Å²) in [6, 6.07) is 0. The van der Waals surface area contributed by atoms with Gasteiger partial charge in [0.15, 0.2) is 0 Å². The Morgan fingerprint density at radius 2 is 0.894 bits per heavy atom. The molecule has 0 aromatic carbocycles. The third-order valence-corrected chi connectivity index (χ3v) is 12.5. The third kappa shape index (κ3) is 34.1. The van der Waals surface area contributed by atoms with E-state index in [4.69, 9.17) is 18.5 Å². The molecular formula is C53H93O12P. The number of rotatable bonds is 43. The molecule has 0 aromatic rings. The molecule has 0 bridgehead atoms. The molecule has 6 atom stereocenters. The molecule has 1 rings (SSSR count). The predicted molar refractivity (Wildman–Crippen MR) is 267 cm³/mol. The predicted octanol–water partition coefficient (Wildman–Crippen LogP) is 11.5. The Bertz CT molecular complexity index is 1360. The van der Waals surface area contributed by atoms with Gasteiger partial charge < -0.3 is 39.9 Å². The molecule has 382 valence electrons. The Morgan fingerprint density at radius 3 is 1.36 bits per heavy atom. The molecule has 6 unspecified atom stereocenters. The second-order valence-corrected chi connectivity index (χ2v) is 19.0. The van der Waals surface area contributed by atoms with Gasteiger partial charge in [-0.05, 0) is 83.5 Å². The quantitative estimate of drug-likeness (QED) is 0.0147. The molecule has 1 aliphatic carbocycles. The van der Waals surface area contributed by atoms with Gasteiger partial charge in [-0.2, -0.15) is 0 Å². The van der Waals surface area contributed by atoms with Crippen LogP contribution in [0.4, 0.5) is 0 Å². The Hall–Kier alpha value is -2.22. The fourth-order valence-corrected chi connectivity index (χ4v) is 8.47. The number of allylic oxidation sites excluding steroid dienone is 12. The zero-order chi connectivity index (χ0) is 48.4. The Morgan fingerprint density at radius 1 is 0.500 bits per heavy atom. The molecular weight excluding hydrogens is 860 g/mol. The summed E-state index contributed by atoms with van der Waals surface area (Å²) in [6.07, 6.45) is 43.9. The van der Waals surface area contributed by atoms with Gasteiger partial charge in [0, 0.05) is 13.0 Å². The summed E-state index contributed by atoms with van der Waals surface area (Å²) in [5, 5.41) is 50.3. The highest BCUT2D eigenvalue weighted by Gasteiger charge is 2.51. The van der Waals surface area contributed by atoms with Gasteiger partial charge in [0.05, 0.1) is 13.2 Å². The highest BCUT2D eigenvalue weighted by atomic mass is 31.2. The first-order chi connectivity index (χ1) is 32.0. The highest BCUT2D eigenvalue weighted by molar-refractivity contribution is 7.47. The van der Waals surface area contributed by atoms with E-state index in [0.29, 0.717) is 13.0 Å². The molecule has 0 amide bonds. The van der Waals surface area contributed by atoms with E-state index in [1.54, 1.807) is 0 Å². The van der Waals surface area contributed by atoms with Crippen molar-refractivity contribution in [1.82, 2.24) is 0 Å². The maximum atomic E-state index is 12.9. The third-order valence-electron chi connectivity index (χ3n) is 11.6. The first-order valence-corrected chi connectivity index (χ1v) is 27.3. The lowest BCUT2D eigenvalue weighted by atomic mass is 9.85. The number of hydrogen-bond acceptors (Lipinski definition) is 11. The van der Waals surface area contributed by atoms with Crippen molar-refractivity contribution in [3.8, 4) is 0 Å². The smallest absolute Gasteiger partial charge is 0.457 e. The van der Waals surface area contributed by atoms with Gasteiger partial charge in [0.1, 0.15) is 42.7 Å². The SMILES string of the molecule is CC/C=C\C/C=C\C/C=C\C/C=C\CCCCCCCCC(=O)OC(COCCCCCCCCCCCC/C=C\C/C=C\CCCCC)COP(=O)(O)OC1C(O)C(O)C(O)C(O)C1O. The maximum Gasteiger partial charge on any atom is 0.472 e. The largest absolute Gasteiger partial charge is 0.472 e. The molecule has 0 heterocycles. The van der Waals surface area contributed by atoms with Crippen LogP contribution in [0.3, 0.4) is 0 Å². The Balaban J connectivity index is 2.36. The zero-order valence-electron chi connectivity index (χ0n) is 41.0. The lowest BCUT2D eigenvalue weighted by Gasteiger charge is -2.41. The summed E-state index contributed by atoms with van der Waals surface area (Å²) in [5.74, 6) is -0.494. The summed E-state index contributed by atoms with van der Waals surface area (Å²) in [6.45, 7) is 4.11. The van der Waals surface area contributed by atoms with Crippen molar-refractivity contribution in [1.29, 1.82) is 0 Å². The lowest BCUT2D eigenvalue weighted by molar-refractivity contribution is -0.220. The number of carbonyl (C=O) groups excluding carboxylic acids is 1. The van der Waals surface area contributed by atoms with E-state index < -0.39 is 63.1 Å². The summed E-state index contributed by atoms with van der Waals surface area (Å²) in [4.78, 5) is 23.2. The maximum absolute atomic E-state index is 12.9. The van der Waals surface area contributed by atoms with Crippen LogP contribution in [0.2, 0.25) is 0 Å².